The van der Waals surface area contributed by atoms with Crippen LogP contribution in [0.15, 0.2) is 35.9 Å². The standard InChI is InChI=1S/C22H30O3/c1-5-6-7-13-21(23)24-19-11-8-12-20-18(19)14-16-22(4,25-20)15-9-10-17(2)3/h8,10-12,14,16H,5-7,9,13,15H2,1-4H3. The maximum atomic E-state index is 12.0. The van der Waals surface area contributed by atoms with Gasteiger partial charge in [-0.05, 0) is 64.3 Å². The van der Waals surface area contributed by atoms with Crippen LogP contribution in [0.4, 0.5) is 0 Å². The van der Waals surface area contributed by atoms with E-state index in [1.807, 2.05) is 24.3 Å². The highest BCUT2D eigenvalue weighted by Crippen LogP contribution is 2.38. The number of carbonyl (C=O) groups excluding carboxylic acids is 1. The zero-order chi connectivity index (χ0) is 18.3. The second-order valence-electron chi connectivity index (χ2n) is 7.17. The lowest BCUT2D eigenvalue weighted by molar-refractivity contribution is -0.134. The average Bonchev–Trinajstić information content (AvgIpc) is 2.54. The van der Waals surface area contributed by atoms with Crippen LogP contribution < -0.4 is 9.47 Å². The molecule has 1 unspecified atom stereocenters. The summed E-state index contributed by atoms with van der Waals surface area (Å²) in [5.41, 5.74) is 1.84. The van der Waals surface area contributed by atoms with Crippen molar-refractivity contribution < 1.29 is 14.3 Å². The third-order valence-corrected chi connectivity index (χ3v) is 4.37. The van der Waals surface area contributed by atoms with Gasteiger partial charge in [0.2, 0.25) is 0 Å². The largest absolute Gasteiger partial charge is 0.483 e. The molecule has 1 atom stereocenters. The fourth-order valence-corrected chi connectivity index (χ4v) is 2.89. The van der Waals surface area contributed by atoms with Crippen LogP contribution in [-0.4, -0.2) is 11.6 Å². The summed E-state index contributed by atoms with van der Waals surface area (Å²) in [6.45, 7) is 8.43. The van der Waals surface area contributed by atoms with Gasteiger partial charge in [0.05, 0.1) is 5.56 Å². The first-order chi connectivity index (χ1) is 11.9. The SMILES string of the molecule is CCCCCC(=O)Oc1cccc2c1C=CC(C)(CCC=C(C)C)O2. The van der Waals surface area contributed by atoms with Crippen LogP contribution in [0, 0.1) is 0 Å². The van der Waals surface area contributed by atoms with Crippen LogP contribution in [0.25, 0.3) is 6.08 Å². The maximum absolute atomic E-state index is 12.0. The molecule has 0 bridgehead atoms. The van der Waals surface area contributed by atoms with Gasteiger partial charge in [-0.2, -0.15) is 0 Å². The molecule has 2 rings (SSSR count). The lowest BCUT2D eigenvalue weighted by atomic mass is 9.94. The van der Waals surface area contributed by atoms with E-state index in [1.54, 1.807) is 0 Å². The molecule has 0 amide bonds. The Labute approximate surface area is 151 Å². The van der Waals surface area contributed by atoms with E-state index in [4.69, 9.17) is 9.47 Å². The van der Waals surface area contributed by atoms with Gasteiger partial charge in [-0.1, -0.05) is 37.5 Å². The minimum atomic E-state index is -0.331. The first kappa shape index (κ1) is 19.3. The van der Waals surface area contributed by atoms with E-state index >= 15 is 0 Å². The summed E-state index contributed by atoms with van der Waals surface area (Å²) in [5, 5.41) is 0. The predicted octanol–water partition coefficient (Wildman–Crippen LogP) is 6.08. The highest BCUT2D eigenvalue weighted by Gasteiger charge is 2.28. The summed E-state index contributed by atoms with van der Waals surface area (Å²) in [4.78, 5) is 12.0. The van der Waals surface area contributed by atoms with Gasteiger partial charge in [0.25, 0.3) is 0 Å². The molecule has 3 nitrogen and oxygen atoms in total. The van der Waals surface area contributed by atoms with Crippen LogP contribution in [0.3, 0.4) is 0 Å². The van der Waals surface area contributed by atoms with E-state index in [0.29, 0.717) is 12.2 Å². The highest BCUT2D eigenvalue weighted by molar-refractivity contribution is 5.76. The average molecular weight is 342 g/mol. The van der Waals surface area contributed by atoms with E-state index in [-0.39, 0.29) is 11.6 Å². The molecule has 0 saturated carbocycles. The number of rotatable bonds is 8. The summed E-state index contributed by atoms with van der Waals surface area (Å²) in [7, 11) is 0. The normalized spacial score (nSPS) is 18.2. The number of unbranched alkanes of at least 4 members (excludes halogenated alkanes) is 2. The van der Waals surface area contributed by atoms with E-state index in [9.17, 15) is 4.79 Å². The molecule has 0 spiro atoms. The van der Waals surface area contributed by atoms with E-state index in [1.165, 1.54) is 5.57 Å². The van der Waals surface area contributed by atoms with Crippen LogP contribution in [0.1, 0.15) is 71.8 Å². The smallest absolute Gasteiger partial charge is 0.311 e. The second kappa shape index (κ2) is 8.89. The van der Waals surface area contributed by atoms with Crippen LogP contribution >= 0.6 is 0 Å². The second-order valence-corrected chi connectivity index (χ2v) is 7.17. The Hall–Kier alpha value is -2.03. The van der Waals surface area contributed by atoms with Crippen molar-refractivity contribution in [3.8, 4) is 11.5 Å². The molecule has 25 heavy (non-hydrogen) atoms. The van der Waals surface area contributed by atoms with Crippen LogP contribution in [0.2, 0.25) is 0 Å². The quantitative estimate of drug-likeness (QED) is 0.248. The Morgan fingerprint density at radius 2 is 2.08 bits per heavy atom. The first-order valence-electron chi connectivity index (χ1n) is 9.29. The van der Waals surface area contributed by atoms with Gasteiger partial charge < -0.3 is 9.47 Å². The molecule has 0 N–H and O–H groups in total. The third kappa shape index (κ3) is 5.77. The van der Waals surface area contributed by atoms with Crippen molar-refractivity contribution in [2.75, 3.05) is 0 Å². The molecule has 0 fully saturated rings. The Morgan fingerprint density at radius 3 is 2.80 bits per heavy atom. The van der Waals surface area contributed by atoms with Crippen molar-refractivity contribution in [3.63, 3.8) is 0 Å². The van der Waals surface area contributed by atoms with Crippen molar-refractivity contribution in [2.24, 2.45) is 0 Å². The number of hydrogen-bond acceptors (Lipinski definition) is 3. The fourth-order valence-electron chi connectivity index (χ4n) is 2.89. The Bertz CT molecular complexity index is 653. The van der Waals surface area contributed by atoms with Gasteiger partial charge in [-0.25, -0.2) is 0 Å². The molecule has 0 radical (unpaired) electrons. The molecular formula is C22H30O3. The van der Waals surface area contributed by atoms with Crippen LogP contribution in [0.5, 0.6) is 11.5 Å². The highest BCUT2D eigenvalue weighted by atomic mass is 16.5. The number of esters is 1. The minimum Gasteiger partial charge on any atom is -0.483 e. The predicted molar refractivity (Wildman–Crippen MR) is 103 cm³/mol. The molecule has 0 saturated heterocycles. The van der Waals surface area contributed by atoms with Crippen molar-refractivity contribution >= 4 is 12.0 Å². The van der Waals surface area contributed by atoms with E-state index < -0.39 is 0 Å². The van der Waals surface area contributed by atoms with Gasteiger partial charge in [0, 0.05) is 6.42 Å². The van der Waals surface area contributed by atoms with E-state index in [2.05, 4.69) is 39.8 Å². The summed E-state index contributed by atoms with van der Waals surface area (Å²) in [6, 6.07) is 5.64. The number of carbonyl (C=O) groups is 1. The molecule has 1 aromatic rings. The molecule has 3 heteroatoms. The molecule has 1 heterocycles. The summed E-state index contributed by atoms with van der Waals surface area (Å²) >= 11 is 0. The van der Waals surface area contributed by atoms with Gasteiger partial charge in [-0.3, -0.25) is 4.79 Å². The first-order valence-corrected chi connectivity index (χ1v) is 9.29. The maximum Gasteiger partial charge on any atom is 0.311 e. The molecule has 1 aliphatic rings. The van der Waals surface area contributed by atoms with Crippen molar-refractivity contribution in [2.45, 2.75) is 71.8 Å². The molecular weight excluding hydrogens is 312 g/mol. The topological polar surface area (TPSA) is 35.5 Å². The number of ether oxygens (including phenoxy) is 2. The molecule has 1 aromatic carbocycles. The zero-order valence-corrected chi connectivity index (χ0v) is 15.9. The van der Waals surface area contributed by atoms with Crippen molar-refractivity contribution in [3.05, 3.63) is 41.5 Å². The molecule has 1 aliphatic heterocycles. The van der Waals surface area contributed by atoms with Gasteiger partial charge in [0.1, 0.15) is 17.1 Å². The number of hydrogen-bond donors (Lipinski definition) is 0. The summed E-state index contributed by atoms with van der Waals surface area (Å²) in [6.07, 6.45) is 11.7. The minimum absolute atomic E-state index is 0.174. The number of allylic oxidation sites excluding steroid dienone is 2. The monoisotopic (exact) mass is 342 g/mol. The summed E-state index contributed by atoms with van der Waals surface area (Å²) in [5.74, 6) is 1.19. The summed E-state index contributed by atoms with van der Waals surface area (Å²) < 4.78 is 11.8. The zero-order valence-electron chi connectivity index (χ0n) is 15.9. The Kier molecular flexibility index (Phi) is 6.86. The fraction of sp³-hybridized carbons (Fsp3) is 0.500. The molecule has 0 aromatic heterocycles. The van der Waals surface area contributed by atoms with Crippen molar-refractivity contribution in [1.82, 2.24) is 0 Å². The van der Waals surface area contributed by atoms with Crippen molar-refractivity contribution in [1.29, 1.82) is 0 Å². The Morgan fingerprint density at radius 1 is 1.28 bits per heavy atom. The van der Waals surface area contributed by atoms with Gasteiger partial charge in [0.15, 0.2) is 0 Å². The molecule has 0 aliphatic carbocycles. The lowest BCUT2D eigenvalue weighted by Gasteiger charge is -2.32. The third-order valence-electron chi connectivity index (χ3n) is 4.37. The number of benzene rings is 1. The molecule has 136 valence electrons. The number of fused-ring (bicyclic) bond motifs is 1. The lowest BCUT2D eigenvalue weighted by Crippen LogP contribution is -2.31. The van der Waals surface area contributed by atoms with Gasteiger partial charge >= 0.3 is 5.97 Å². The van der Waals surface area contributed by atoms with Crippen LogP contribution in [-0.2, 0) is 4.79 Å². The van der Waals surface area contributed by atoms with E-state index in [0.717, 1.165) is 43.4 Å². The van der Waals surface area contributed by atoms with Gasteiger partial charge in [-0.15, -0.1) is 0 Å². The Balaban J connectivity index is 2.05.